The normalized spacial score (nSPS) is 17.1. The number of amides is 1. The minimum atomic E-state index is -3.16. The van der Waals surface area contributed by atoms with Gasteiger partial charge in [-0.25, -0.2) is 13.1 Å². The number of carbonyl (C=O) groups excluding carboxylic acids is 1. The highest BCUT2D eigenvalue weighted by Gasteiger charge is 2.29. The first-order valence-corrected chi connectivity index (χ1v) is 13.6. The van der Waals surface area contributed by atoms with Gasteiger partial charge in [0, 0.05) is 23.4 Å². The minimum absolute atomic E-state index is 0.0361. The number of rotatable bonds is 8. The van der Waals surface area contributed by atoms with Crippen molar-refractivity contribution in [1.29, 1.82) is 5.26 Å². The van der Waals surface area contributed by atoms with E-state index in [1.165, 1.54) is 6.08 Å². The first-order valence-electron chi connectivity index (χ1n) is 11.8. The molecule has 1 saturated heterocycles. The minimum Gasteiger partial charge on any atom is -0.493 e. The molecule has 2 aromatic carbocycles. The SMILES string of the molecule is CC(C)COc1ccc(-c2nn(-c3ccccc3)cc2/C=C(\C#N)C(=O)NC2CCS(=O)(=O)C2)cc1. The van der Waals surface area contributed by atoms with Crippen LogP contribution >= 0.6 is 0 Å². The van der Waals surface area contributed by atoms with Crippen LogP contribution in [-0.2, 0) is 14.6 Å². The maximum absolute atomic E-state index is 12.8. The second-order valence-electron chi connectivity index (χ2n) is 9.19. The van der Waals surface area contributed by atoms with Gasteiger partial charge in [0.2, 0.25) is 0 Å². The van der Waals surface area contributed by atoms with Gasteiger partial charge >= 0.3 is 0 Å². The lowest BCUT2D eigenvalue weighted by atomic mass is 10.1. The van der Waals surface area contributed by atoms with Crippen LogP contribution in [-0.4, -0.2) is 48.3 Å². The van der Waals surface area contributed by atoms with E-state index in [9.17, 15) is 18.5 Å². The summed E-state index contributed by atoms with van der Waals surface area (Å²) in [5.41, 5.74) is 2.69. The summed E-state index contributed by atoms with van der Waals surface area (Å²) in [4.78, 5) is 12.8. The third-order valence-corrected chi connectivity index (χ3v) is 7.47. The van der Waals surface area contributed by atoms with Gasteiger partial charge in [0.25, 0.3) is 5.91 Å². The predicted octanol–water partition coefficient (Wildman–Crippen LogP) is 3.78. The number of hydrogen-bond donors (Lipinski definition) is 1. The van der Waals surface area contributed by atoms with Crippen molar-refractivity contribution in [3.63, 3.8) is 0 Å². The molecule has 1 amide bonds. The molecule has 186 valence electrons. The van der Waals surface area contributed by atoms with Crippen molar-refractivity contribution in [2.45, 2.75) is 26.3 Å². The number of hydrogen-bond acceptors (Lipinski definition) is 6. The Hall–Kier alpha value is -3.90. The van der Waals surface area contributed by atoms with Crippen molar-refractivity contribution in [1.82, 2.24) is 15.1 Å². The highest BCUT2D eigenvalue weighted by atomic mass is 32.2. The van der Waals surface area contributed by atoms with E-state index in [0.29, 0.717) is 30.2 Å². The average Bonchev–Trinajstić information content (AvgIpc) is 3.44. The fraction of sp³-hybridized carbons (Fsp3) is 0.296. The molecule has 2 heterocycles. The third kappa shape index (κ3) is 6.20. The molecule has 1 aliphatic heterocycles. The average molecular weight is 505 g/mol. The van der Waals surface area contributed by atoms with E-state index >= 15 is 0 Å². The van der Waals surface area contributed by atoms with Crippen LogP contribution in [0, 0.1) is 17.2 Å². The highest BCUT2D eigenvalue weighted by molar-refractivity contribution is 7.91. The summed E-state index contributed by atoms with van der Waals surface area (Å²) >= 11 is 0. The topological polar surface area (TPSA) is 114 Å². The molecule has 4 rings (SSSR count). The molecule has 0 bridgehead atoms. The molecule has 3 aromatic rings. The molecule has 1 unspecified atom stereocenters. The molecule has 0 saturated carbocycles. The van der Waals surface area contributed by atoms with Crippen molar-refractivity contribution >= 4 is 21.8 Å². The molecular weight excluding hydrogens is 476 g/mol. The Bertz CT molecular complexity index is 1400. The van der Waals surface area contributed by atoms with Gasteiger partial charge in [-0.1, -0.05) is 32.0 Å². The Morgan fingerprint density at radius 2 is 1.94 bits per heavy atom. The van der Waals surface area contributed by atoms with Crippen LogP contribution in [0.3, 0.4) is 0 Å². The first kappa shape index (κ1) is 25.2. The molecule has 36 heavy (non-hydrogen) atoms. The summed E-state index contributed by atoms with van der Waals surface area (Å²) < 4.78 is 31.0. The van der Waals surface area contributed by atoms with Gasteiger partial charge in [-0.2, -0.15) is 10.4 Å². The number of aromatic nitrogens is 2. The number of nitriles is 1. The van der Waals surface area contributed by atoms with Crippen LogP contribution in [0.15, 0.2) is 66.4 Å². The standard InChI is InChI=1S/C27H28N4O4S/c1-19(2)17-35-25-10-8-20(9-11-25)26-22(16-31(30-26)24-6-4-3-5-7-24)14-21(15-28)27(32)29-23-12-13-36(33,34)18-23/h3-11,14,16,19,23H,12-13,17-18H2,1-2H3,(H,29,32)/b21-14+. The summed E-state index contributed by atoms with van der Waals surface area (Å²) in [7, 11) is -3.16. The predicted molar refractivity (Wildman–Crippen MR) is 138 cm³/mol. The summed E-state index contributed by atoms with van der Waals surface area (Å²) in [5.74, 6) is 0.475. The van der Waals surface area contributed by atoms with E-state index in [4.69, 9.17) is 9.84 Å². The van der Waals surface area contributed by atoms with Gasteiger partial charge in [0.15, 0.2) is 9.84 Å². The fourth-order valence-corrected chi connectivity index (χ4v) is 5.55. The van der Waals surface area contributed by atoms with Crippen LogP contribution in [0.2, 0.25) is 0 Å². The largest absolute Gasteiger partial charge is 0.493 e. The molecule has 1 aliphatic rings. The van der Waals surface area contributed by atoms with Crippen LogP contribution in [0.25, 0.3) is 23.0 Å². The number of ether oxygens (including phenoxy) is 1. The first-order chi connectivity index (χ1) is 17.2. The van der Waals surface area contributed by atoms with E-state index in [-0.39, 0.29) is 17.1 Å². The summed E-state index contributed by atoms with van der Waals surface area (Å²) in [5, 5.41) is 17.1. The van der Waals surface area contributed by atoms with E-state index in [0.717, 1.165) is 17.0 Å². The Labute approximate surface area is 211 Å². The van der Waals surface area contributed by atoms with Crippen molar-refractivity contribution in [2.24, 2.45) is 5.92 Å². The van der Waals surface area contributed by atoms with Crippen molar-refractivity contribution in [2.75, 3.05) is 18.1 Å². The summed E-state index contributed by atoms with van der Waals surface area (Å²) in [6, 6.07) is 18.5. The van der Waals surface area contributed by atoms with Gasteiger partial charge < -0.3 is 10.1 Å². The highest BCUT2D eigenvalue weighted by Crippen LogP contribution is 2.28. The van der Waals surface area contributed by atoms with Gasteiger partial charge in [0.05, 0.1) is 29.5 Å². The summed E-state index contributed by atoms with van der Waals surface area (Å²) in [6.07, 6.45) is 3.59. The Balaban J connectivity index is 1.66. The van der Waals surface area contributed by atoms with Crippen LogP contribution in [0.1, 0.15) is 25.8 Å². The van der Waals surface area contributed by atoms with Gasteiger partial charge in [-0.05, 0) is 54.8 Å². The van der Waals surface area contributed by atoms with Crippen LogP contribution in [0.4, 0.5) is 0 Å². The molecule has 1 aromatic heterocycles. The number of carbonyl (C=O) groups is 1. The number of sulfone groups is 1. The zero-order valence-corrected chi connectivity index (χ0v) is 21.0. The molecule has 8 nitrogen and oxygen atoms in total. The van der Waals surface area contributed by atoms with Crippen molar-refractivity contribution < 1.29 is 17.9 Å². The smallest absolute Gasteiger partial charge is 0.262 e. The molecule has 1 N–H and O–H groups in total. The second-order valence-corrected chi connectivity index (χ2v) is 11.4. The molecular formula is C27H28N4O4S. The Kier molecular flexibility index (Phi) is 7.55. The number of nitrogens with one attached hydrogen (secondary N) is 1. The maximum atomic E-state index is 12.8. The number of benzene rings is 2. The zero-order chi connectivity index (χ0) is 25.7. The lowest BCUT2D eigenvalue weighted by Crippen LogP contribution is -2.36. The summed E-state index contributed by atoms with van der Waals surface area (Å²) in [6.45, 7) is 4.77. The Morgan fingerprint density at radius 3 is 2.56 bits per heavy atom. The maximum Gasteiger partial charge on any atom is 0.262 e. The zero-order valence-electron chi connectivity index (χ0n) is 20.2. The quantitative estimate of drug-likeness (QED) is 0.369. The lowest BCUT2D eigenvalue weighted by molar-refractivity contribution is -0.117. The van der Waals surface area contributed by atoms with E-state index in [1.54, 1.807) is 10.9 Å². The second kappa shape index (κ2) is 10.8. The van der Waals surface area contributed by atoms with E-state index < -0.39 is 21.8 Å². The fourth-order valence-electron chi connectivity index (χ4n) is 3.88. The molecule has 0 radical (unpaired) electrons. The van der Waals surface area contributed by atoms with Gasteiger partial charge in [0.1, 0.15) is 17.4 Å². The monoisotopic (exact) mass is 504 g/mol. The van der Waals surface area contributed by atoms with Crippen molar-refractivity contribution in [3.05, 3.63) is 71.9 Å². The lowest BCUT2D eigenvalue weighted by Gasteiger charge is -2.10. The number of para-hydroxylation sites is 1. The van der Waals surface area contributed by atoms with E-state index in [2.05, 4.69) is 19.2 Å². The molecule has 1 fully saturated rings. The van der Waals surface area contributed by atoms with Crippen LogP contribution < -0.4 is 10.1 Å². The van der Waals surface area contributed by atoms with E-state index in [1.807, 2.05) is 60.7 Å². The van der Waals surface area contributed by atoms with Crippen molar-refractivity contribution in [3.8, 4) is 28.8 Å². The molecule has 0 aliphatic carbocycles. The van der Waals surface area contributed by atoms with Gasteiger partial charge in [-0.15, -0.1) is 0 Å². The molecule has 0 spiro atoms. The Morgan fingerprint density at radius 1 is 1.22 bits per heavy atom. The van der Waals surface area contributed by atoms with Crippen LogP contribution in [0.5, 0.6) is 5.75 Å². The molecule has 1 atom stereocenters. The number of nitrogens with zero attached hydrogens (tertiary/aromatic N) is 3. The molecule has 9 heteroatoms. The third-order valence-electron chi connectivity index (χ3n) is 5.71. The van der Waals surface area contributed by atoms with Gasteiger partial charge in [-0.3, -0.25) is 4.79 Å².